The summed E-state index contributed by atoms with van der Waals surface area (Å²) < 4.78 is 26.1. The third kappa shape index (κ3) is 7.77. The average Bonchev–Trinajstić information content (AvgIpc) is 2.81. The van der Waals surface area contributed by atoms with Crippen molar-refractivity contribution in [3.63, 3.8) is 0 Å². The van der Waals surface area contributed by atoms with Crippen molar-refractivity contribution in [1.82, 2.24) is 10.2 Å². The van der Waals surface area contributed by atoms with Gasteiger partial charge in [0.05, 0.1) is 16.9 Å². The van der Waals surface area contributed by atoms with Gasteiger partial charge in [-0.3, -0.25) is 24.0 Å². The number of nitro benzene ring substituents is 1. The Bertz CT molecular complexity index is 1200. The van der Waals surface area contributed by atoms with Crippen LogP contribution in [-0.4, -0.2) is 55.4 Å². The van der Waals surface area contributed by atoms with Gasteiger partial charge in [-0.25, -0.2) is 8.42 Å². The van der Waals surface area contributed by atoms with Gasteiger partial charge in [0.1, 0.15) is 12.6 Å². The predicted octanol–water partition coefficient (Wildman–Crippen LogP) is 3.25. The SMILES string of the molecule is CCC(C(=O)NCC(C)C)N(Cc1ccccc1C)C(=O)CN(c1cccc([N+](=O)[O-])c1)S(C)(=O)=O. The third-order valence-corrected chi connectivity index (χ3v) is 6.82. The highest BCUT2D eigenvalue weighted by molar-refractivity contribution is 7.92. The molecule has 10 nitrogen and oxygen atoms in total. The minimum atomic E-state index is -3.98. The fraction of sp³-hybridized carbons (Fsp3) is 0.440. The molecular formula is C25H34N4O6S. The maximum Gasteiger partial charge on any atom is 0.271 e. The Balaban J connectivity index is 2.47. The first kappa shape index (κ1) is 28.8. The van der Waals surface area contributed by atoms with Crippen molar-refractivity contribution in [1.29, 1.82) is 0 Å². The number of nitro groups is 1. The van der Waals surface area contributed by atoms with E-state index in [0.717, 1.165) is 27.8 Å². The lowest BCUT2D eigenvalue weighted by molar-refractivity contribution is -0.384. The van der Waals surface area contributed by atoms with Gasteiger partial charge in [0.15, 0.2) is 0 Å². The van der Waals surface area contributed by atoms with Gasteiger partial charge in [-0.2, -0.15) is 0 Å². The fourth-order valence-corrected chi connectivity index (χ4v) is 4.53. The zero-order valence-corrected chi connectivity index (χ0v) is 22.1. The van der Waals surface area contributed by atoms with E-state index in [4.69, 9.17) is 0 Å². The number of anilines is 1. The molecule has 0 aliphatic rings. The van der Waals surface area contributed by atoms with E-state index in [1.807, 2.05) is 45.0 Å². The minimum absolute atomic E-state index is 0.00630. The molecule has 1 N–H and O–H groups in total. The van der Waals surface area contributed by atoms with Gasteiger partial charge in [-0.1, -0.05) is 51.1 Å². The number of benzene rings is 2. The summed E-state index contributed by atoms with van der Waals surface area (Å²) >= 11 is 0. The number of hydrogen-bond donors (Lipinski definition) is 1. The van der Waals surface area contributed by atoms with E-state index in [-0.39, 0.29) is 29.7 Å². The number of rotatable bonds is 12. The van der Waals surface area contributed by atoms with Crippen LogP contribution in [0.1, 0.15) is 38.3 Å². The van der Waals surface area contributed by atoms with Crippen molar-refractivity contribution in [2.24, 2.45) is 5.92 Å². The lowest BCUT2D eigenvalue weighted by Crippen LogP contribution is -2.52. The van der Waals surface area contributed by atoms with E-state index in [9.17, 15) is 28.1 Å². The lowest BCUT2D eigenvalue weighted by Gasteiger charge is -2.33. The molecule has 0 saturated heterocycles. The smallest absolute Gasteiger partial charge is 0.271 e. The van der Waals surface area contributed by atoms with Gasteiger partial charge in [-0.15, -0.1) is 0 Å². The largest absolute Gasteiger partial charge is 0.354 e. The molecule has 0 spiro atoms. The Morgan fingerprint density at radius 2 is 1.78 bits per heavy atom. The molecule has 0 aliphatic heterocycles. The van der Waals surface area contributed by atoms with Gasteiger partial charge in [0.25, 0.3) is 5.69 Å². The number of aryl methyl sites for hydroxylation is 1. The summed E-state index contributed by atoms with van der Waals surface area (Å²) in [7, 11) is -3.98. The van der Waals surface area contributed by atoms with Crippen LogP contribution >= 0.6 is 0 Å². The van der Waals surface area contributed by atoms with Gasteiger partial charge in [-0.05, 0) is 36.5 Å². The predicted molar refractivity (Wildman–Crippen MR) is 139 cm³/mol. The monoisotopic (exact) mass is 518 g/mol. The molecule has 0 saturated carbocycles. The van der Waals surface area contributed by atoms with Gasteiger partial charge >= 0.3 is 0 Å². The highest BCUT2D eigenvalue weighted by atomic mass is 32.2. The van der Waals surface area contributed by atoms with Crippen molar-refractivity contribution in [3.8, 4) is 0 Å². The first-order chi connectivity index (χ1) is 16.8. The summed E-state index contributed by atoms with van der Waals surface area (Å²) in [6, 6.07) is 11.7. The fourth-order valence-electron chi connectivity index (χ4n) is 3.69. The first-order valence-corrected chi connectivity index (χ1v) is 13.5. The van der Waals surface area contributed by atoms with E-state index >= 15 is 0 Å². The maximum atomic E-state index is 13.7. The first-order valence-electron chi connectivity index (χ1n) is 11.7. The van der Waals surface area contributed by atoms with Crippen molar-refractivity contribution in [3.05, 3.63) is 69.8 Å². The molecule has 2 aromatic carbocycles. The van der Waals surface area contributed by atoms with E-state index in [0.29, 0.717) is 13.0 Å². The molecule has 1 atom stereocenters. The van der Waals surface area contributed by atoms with Gasteiger partial charge in [0, 0.05) is 25.2 Å². The standard InChI is InChI=1S/C25H34N4O6S/c1-6-23(25(31)26-15-18(2)3)27(16-20-11-8-7-10-19(20)4)24(30)17-28(36(5,34)35)21-12-9-13-22(14-21)29(32)33/h7-14,18,23H,6,15-17H2,1-5H3,(H,26,31). The number of carbonyl (C=O) groups is 2. The molecule has 0 bridgehead atoms. The summed E-state index contributed by atoms with van der Waals surface area (Å²) in [4.78, 5) is 38.7. The number of non-ortho nitro benzene ring substituents is 1. The van der Waals surface area contributed by atoms with Crippen LogP contribution in [0.2, 0.25) is 0 Å². The molecule has 0 aliphatic carbocycles. The number of sulfonamides is 1. The number of nitrogens with one attached hydrogen (secondary N) is 1. The van der Waals surface area contributed by atoms with Crippen LogP contribution in [0, 0.1) is 23.0 Å². The summed E-state index contributed by atoms with van der Waals surface area (Å²) in [6.45, 7) is 7.52. The lowest BCUT2D eigenvalue weighted by atomic mass is 10.1. The topological polar surface area (TPSA) is 130 Å². The Kier molecular flexibility index (Phi) is 9.97. The Hall–Kier alpha value is -3.47. The van der Waals surface area contributed by atoms with Gasteiger partial charge in [0.2, 0.25) is 21.8 Å². The van der Waals surface area contributed by atoms with Crippen LogP contribution < -0.4 is 9.62 Å². The second kappa shape index (κ2) is 12.5. The number of amides is 2. The maximum absolute atomic E-state index is 13.7. The Morgan fingerprint density at radius 3 is 2.33 bits per heavy atom. The average molecular weight is 519 g/mol. The molecule has 2 rings (SSSR count). The van der Waals surface area contributed by atoms with Crippen molar-refractivity contribution < 1.29 is 22.9 Å². The second-order valence-corrected chi connectivity index (χ2v) is 11.0. The van der Waals surface area contributed by atoms with Gasteiger partial charge < -0.3 is 10.2 Å². The van der Waals surface area contributed by atoms with Crippen molar-refractivity contribution in [2.75, 3.05) is 23.7 Å². The van der Waals surface area contributed by atoms with Crippen LogP contribution in [0.25, 0.3) is 0 Å². The molecule has 36 heavy (non-hydrogen) atoms. The van der Waals surface area contributed by atoms with Crippen LogP contribution in [0.4, 0.5) is 11.4 Å². The molecule has 196 valence electrons. The summed E-state index contributed by atoms with van der Waals surface area (Å²) in [5.74, 6) is -0.710. The van der Waals surface area contributed by atoms with Crippen LogP contribution in [-0.2, 0) is 26.2 Å². The minimum Gasteiger partial charge on any atom is -0.354 e. The van der Waals surface area contributed by atoms with Crippen LogP contribution in [0.3, 0.4) is 0 Å². The highest BCUT2D eigenvalue weighted by Crippen LogP contribution is 2.24. The molecule has 2 amide bonds. The Labute approximate surface area is 212 Å². The van der Waals surface area contributed by atoms with Crippen LogP contribution in [0.15, 0.2) is 48.5 Å². The third-order valence-electron chi connectivity index (χ3n) is 5.68. The molecule has 0 fully saturated rings. The normalized spacial score (nSPS) is 12.2. The quantitative estimate of drug-likeness (QED) is 0.339. The van der Waals surface area contributed by atoms with Crippen LogP contribution in [0.5, 0.6) is 0 Å². The molecule has 0 heterocycles. The van der Waals surface area contributed by atoms with E-state index in [1.165, 1.54) is 23.1 Å². The van der Waals surface area contributed by atoms with E-state index in [2.05, 4.69) is 5.32 Å². The van der Waals surface area contributed by atoms with E-state index < -0.39 is 33.4 Å². The molecular weight excluding hydrogens is 484 g/mol. The Morgan fingerprint density at radius 1 is 1.11 bits per heavy atom. The summed E-state index contributed by atoms with van der Waals surface area (Å²) in [5.41, 5.74) is 1.44. The number of nitrogens with zero attached hydrogens (tertiary/aromatic N) is 3. The number of carbonyl (C=O) groups excluding carboxylic acids is 2. The molecule has 2 aromatic rings. The zero-order valence-electron chi connectivity index (χ0n) is 21.3. The van der Waals surface area contributed by atoms with E-state index in [1.54, 1.807) is 6.92 Å². The zero-order chi connectivity index (χ0) is 27.0. The molecule has 11 heteroatoms. The molecule has 1 unspecified atom stereocenters. The number of hydrogen-bond acceptors (Lipinski definition) is 6. The second-order valence-electron chi connectivity index (χ2n) is 9.06. The van der Waals surface area contributed by atoms with Crippen molar-refractivity contribution in [2.45, 2.75) is 46.7 Å². The highest BCUT2D eigenvalue weighted by Gasteiger charge is 2.32. The van der Waals surface area contributed by atoms with Crippen molar-refractivity contribution >= 4 is 33.2 Å². The molecule has 0 aromatic heterocycles. The molecule has 0 radical (unpaired) electrons. The summed E-state index contributed by atoms with van der Waals surface area (Å²) in [6.07, 6.45) is 1.24. The summed E-state index contributed by atoms with van der Waals surface area (Å²) in [5, 5.41) is 14.1.